The predicted octanol–water partition coefficient (Wildman–Crippen LogP) is 2.47. The monoisotopic (exact) mass is 280 g/mol. The Hall–Kier alpha value is -1.06. The molecule has 0 aromatic heterocycles. The zero-order valence-electron chi connectivity index (χ0n) is 13.2. The quantitative estimate of drug-likeness (QED) is 0.863. The van der Waals surface area contributed by atoms with Crippen molar-refractivity contribution in [1.82, 2.24) is 10.2 Å². The first-order chi connectivity index (χ1) is 9.46. The number of hydrogen-bond acceptors (Lipinski definition) is 2. The maximum atomic E-state index is 13.0. The first-order valence-electron chi connectivity index (χ1n) is 8.11. The minimum absolute atomic E-state index is 0.00562. The summed E-state index contributed by atoms with van der Waals surface area (Å²) in [7, 11) is 0. The van der Waals surface area contributed by atoms with Gasteiger partial charge in [-0.1, -0.05) is 33.6 Å². The van der Waals surface area contributed by atoms with Gasteiger partial charge in [-0.25, -0.2) is 0 Å². The highest BCUT2D eigenvalue weighted by Crippen LogP contribution is 2.34. The summed E-state index contributed by atoms with van der Waals surface area (Å²) in [5.74, 6) is 0.631. The van der Waals surface area contributed by atoms with Gasteiger partial charge in [-0.3, -0.25) is 9.59 Å². The van der Waals surface area contributed by atoms with E-state index in [0.29, 0.717) is 18.8 Å². The van der Waals surface area contributed by atoms with Crippen molar-refractivity contribution in [2.45, 2.75) is 83.8 Å². The van der Waals surface area contributed by atoms with E-state index in [1.807, 2.05) is 25.7 Å². The molecule has 3 unspecified atom stereocenters. The second-order valence-corrected chi connectivity index (χ2v) is 6.50. The van der Waals surface area contributed by atoms with E-state index < -0.39 is 5.54 Å². The van der Waals surface area contributed by atoms with Crippen molar-refractivity contribution >= 4 is 11.8 Å². The number of carbonyl (C=O) groups excluding carboxylic acids is 2. The standard InChI is InChI=1S/C16H28N2O2/c1-5-16(6-2)15(20)18(12(4)14(19)17-16)13-10-8-7-9-11(13)3/h11-13H,5-10H2,1-4H3,(H,17,19). The number of amides is 2. The molecule has 2 aliphatic rings. The summed E-state index contributed by atoms with van der Waals surface area (Å²) in [6.45, 7) is 8.06. The molecule has 4 nitrogen and oxygen atoms in total. The van der Waals surface area contributed by atoms with Crippen molar-refractivity contribution in [2.75, 3.05) is 0 Å². The smallest absolute Gasteiger partial charge is 0.249 e. The molecule has 1 saturated heterocycles. The second-order valence-electron chi connectivity index (χ2n) is 6.50. The van der Waals surface area contributed by atoms with Gasteiger partial charge < -0.3 is 10.2 Å². The fourth-order valence-electron chi connectivity index (χ4n) is 3.82. The summed E-state index contributed by atoms with van der Waals surface area (Å²) < 4.78 is 0. The van der Waals surface area contributed by atoms with E-state index in [9.17, 15) is 9.59 Å². The Morgan fingerprint density at radius 3 is 2.30 bits per heavy atom. The molecule has 4 heteroatoms. The minimum atomic E-state index is -0.680. The molecule has 1 saturated carbocycles. The fraction of sp³-hybridized carbons (Fsp3) is 0.875. The van der Waals surface area contributed by atoms with Crippen LogP contribution in [-0.2, 0) is 9.59 Å². The Balaban J connectivity index is 2.33. The van der Waals surface area contributed by atoms with Crippen LogP contribution in [0, 0.1) is 5.92 Å². The highest BCUT2D eigenvalue weighted by molar-refractivity contribution is 5.99. The zero-order valence-corrected chi connectivity index (χ0v) is 13.2. The molecule has 1 aliphatic carbocycles. The van der Waals surface area contributed by atoms with Crippen molar-refractivity contribution in [3.8, 4) is 0 Å². The van der Waals surface area contributed by atoms with Crippen LogP contribution in [0.15, 0.2) is 0 Å². The van der Waals surface area contributed by atoms with Crippen LogP contribution < -0.4 is 5.32 Å². The van der Waals surface area contributed by atoms with Gasteiger partial charge in [0.1, 0.15) is 11.6 Å². The third-order valence-electron chi connectivity index (χ3n) is 5.43. The molecule has 2 amide bonds. The highest BCUT2D eigenvalue weighted by atomic mass is 16.2. The molecule has 1 heterocycles. The summed E-state index contributed by atoms with van der Waals surface area (Å²) in [6, 6.07) is -0.103. The molecule has 1 N–H and O–H groups in total. The lowest BCUT2D eigenvalue weighted by atomic mass is 9.80. The fourth-order valence-corrected chi connectivity index (χ4v) is 3.82. The molecule has 0 bridgehead atoms. The van der Waals surface area contributed by atoms with Crippen LogP contribution >= 0.6 is 0 Å². The molecule has 20 heavy (non-hydrogen) atoms. The highest BCUT2D eigenvalue weighted by Gasteiger charge is 2.50. The Morgan fingerprint density at radius 2 is 1.75 bits per heavy atom. The molecule has 1 aliphatic heterocycles. The SMILES string of the molecule is CCC1(CC)NC(=O)C(C)N(C2CCCCC2C)C1=O. The molecular weight excluding hydrogens is 252 g/mol. The lowest BCUT2D eigenvalue weighted by molar-refractivity contribution is -0.159. The Bertz CT molecular complexity index is 390. The molecule has 0 aromatic carbocycles. The van der Waals surface area contributed by atoms with Gasteiger partial charge in [-0.15, -0.1) is 0 Å². The van der Waals surface area contributed by atoms with Crippen molar-refractivity contribution in [2.24, 2.45) is 5.92 Å². The van der Waals surface area contributed by atoms with E-state index >= 15 is 0 Å². The van der Waals surface area contributed by atoms with Gasteiger partial charge >= 0.3 is 0 Å². The number of nitrogens with one attached hydrogen (secondary N) is 1. The third kappa shape index (κ3) is 2.33. The lowest BCUT2D eigenvalue weighted by Crippen LogP contribution is -2.71. The van der Waals surface area contributed by atoms with Crippen molar-refractivity contribution in [1.29, 1.82) is 0 Å². The molecule has 0 radical (unpaired) electrons. The van der Waals surface area contributed by atoms with Crippen molar-refractivity contribution in [3.05, 3.63) is 0 Å². The van der Waals surface area contributed by atoms with E-state index in [1.54, 1.807) is 0 Å². The van der Waals surface area contributed by atoms with E-state index in [1.165, 1.54) is 12.8 Å². The largest absolute Gasteiger partial charge is 0.340 e. The summed E-state index contributed by atoms with van der Waals surface area (Å²) >= 11 is 0. The van der Waals surface area contributed by atoms with E-state index in [0.717, 1.165) is 12.8 Å². The molecule has 3 atom stereocenters. The number of piperazine rings is 1. The average molecular weight is 280 g/mol. The number of rotatable bonds is 3. The molecule has 0 spiro atoms. The lowest BCUT2D eigenvalue weighted by Gasteiger charge is -2.50. The molecule has 2 rings (SSSR count). The van der Waals surface area contributed by atoms with Crippen LogP contribution in [0.25, 0.3) is 0 Å². The van der Waals surface area contributed by atoms with Crippen LogP contribution in [0.2, 0.25) is 0 Å². The normalized spacial score (nSPS) is 34.0. The zero-order chi connectivity index (χ0) is 14.9. The third-order valence-corrected chi connectivity index (χ3v) is 5.43. The predicted molar refractivity (Wildman–Crippen MR) is 79.2 cm³/mol. The molecular formula is C16H28N2O2. The first kappa shape index (κ1) is 15.3. The van der Waals surface area contributed by atoms with Crippen LogP contribution in [0.5, 0.6) is 0 Å². The van der Waals surface area contributed by atoms with Gasteiger partial charge in [0.15, 0.2) is 0 Å². The van der Waals surface area contributed by atoms with E-state index in [-0.39, 0.29) is 23.9 Å². The number of carbonyl (C=O) groups is 2. The van der Waals surface area contributed by atoms with Gasteiger partial charge in [0.2, 0.25) is 11.8 Å². The maximum Gasteiger partial charge on any atom is 0.249 e. The van der Waals surface area contributed by atoms with Gasteiger partial charge in [-0.2, -0.15) is 0 Å². The van der Waals surface area contributed by atoms with Crippen LogP contribution in [0.4, 0.5) is 0 Å². The molecule has 114 valence electrons. The van der Waals surface area contributed by atoms with Gasteiger partial charge in [0, 0.05) is 6.04 Å². The summed E-state index contributed by atoms with van der Waals surface area (Å²) in [6.07, 6.45) is 5.93. The molecule has 0 aromatic rings. The summed E-state index contributed by atoms with van der Waals surface area (Å²) in [4.78, 5) is 27.3. The van der Waals surface area contributed by atoms with E-state index in [2.05, 4.69) is 12.2 Å². The Kier molecular flexibility index (Phi) is 4.40. The summed E-state index contributed by atoms with van der Waals surface area (Å²) in [5.41, 5.74) is -0.680. The van der Waals surface area contributed by atoms with Gasteiger partial charge in [-0.05, 0) is 38.5 Å². The van der Waals surface area contributed by atoms with Crippen molar-refractivity contribution in [3.63, 3.8) is 0 Å². The molecule has 2 fully saturated rings. The van der Waals surface area contributed by atoms with Gasteiger partial charge in [0.25, 0.3) is 0 Å². The first-order valence-corrected chi connectivity index (χ1v) is 8.11. The minimum Gasteiger partial charge on any atom is -0.340 e. The topological polar surface area (TPSA) is 49.4 Å². The average Bonchev–Trinajstić information content (AvgIpc) is 2.45. The van der Waals surface area contributed by atoms with Crippen molar-refractivity contribution < 1.29 is 9.59 Å². The second kappa shape index (κ2) is 5.74. The summed E-state index contributed by atoms with van der Waals surface area (Å²) in [5, 5.41) is 2.98. The number of nitrogens with zero attached hydrogens (tertiary/aromatic N) is 1. The number of hydrogen-bond donors (Lipinski definition) is 1. The van der Waals surface area contributed by atoms with Crippen LogP contribution in [0.3, 0.4) is 0 Å². The Labute approximate surface area is 122 Å². The Morgan fingerprint density at radius 1 is 1.15 bits per heavy atom. The van der Waals surface area contributed by atoms with Crippen LogP contribution in [-0.4, -0.2) is 34.3 Å². The maximum absolute atomic E-state index is 13.0. The van der Waals surface area contributed by atoms with Gasteiger partial charge in [0.05, 0.1) is 0 Å². The van der Waals surface area contributed by atoms with E-state index in [4.69, 9.17) is 0 Å². The van der Waals surface area contributed by atoms with Crippen LogP contribution in [0.1, 0.15) is 66.2 Å².